The molecule has 0 radical (unpaired) electrons. The Labute approximate surface area is 104 Å². The molecule has 6 heteroatoms. The molecule has 2 aliphatic heterocycles. The van der Waals surface area contributed by atoms with E-state index < -0.39 is 5.97 Å². The van der Waals surface area contributed by atoms with Crippen molar-refractivity contribution < 1.29 is 14.7 Å². The summed E-state index contributed by atoms with van der Waals surface area (Å²) in [6.07, 6.45) is 3.20. The fourth-order valence-corrected chi connectivity index (χ4v) is 3.53. The smallest absolute Gasteiger partial charge is 0.353 e. The summed E-state index contributed by atoms with van der Waals surface area (Å²) in [5.41, 5.74) is 0.223. The van der Waals surface area contributed by atoms with Crippen LogP contribution in [0.3, 0.4) is 0 Å². The van der Waals surface area contributed by atoms with Crippen molar-refractivity contribution in [3.63, 3.8) is 0 Å². The molecule has 2 heterocycles. The van der Waals surface area contributed by atoms with E-state index in [-0.39, 0.29) is 17.0 Å². The molecule has 0 saturated carbocycles. The minimum Gasteiger partial charge on any atom is -0.477 e. The minimum absolute atomic E-state index is 0.0490. The highest BCUT2D eigenvalue weighted by atomic mass is 32.2. The fraction of sp³-hybridized carbons (Fsp3) is 0.636. The SMILES string of the molecule is CNCCCCC1=C(C(=O)O)N2C(=O)C[C@H]2S1. The third-order valence-corrected chi connectivity index (χ3v) is 4.30. The van der Waals surface area contributed by atoms with Crippen molar-refractivity contribution in [1.29, 1.82) is 0 Å². The van der Waals surface area contributed by atoms with Gasteiger partial charge >= 0.3 is 5.97 Å². The van der Waals surface area contributed by atoms with Crippen LogP contribution in [0.1, 0.15) is 25.7 Å². The molecule has 2 aliphatic rings. The fourth-order valence-electron chi connectivity index (χ4n) is 2.09. The number of rotatable bonds is 6. The summed E-state index contributed by atoms with van der Waals surface area (Å²) in [5, 5.41) is 12.3. The number of fused-ring (bicyclic) bond motifs is 1. The molecule has 0 aliphatic carbocycles. The maximum atomic E-state index is 11.4. The predicted octanol–water partition coefficient (Wildman–Crippen LogP) is 0.977. The van der Waals surface area contributed by atoms with Crippen molar-refractivity contribution in [2.24, 2.45) is 0 Å². The van der Waals surface area contributed by atoms with E-state index in [2.05, 4.69) is 5.32 Å². The van der Waals surface area contributed by atoms with Crippen molar-refractivity contribution in [2.75, 3.05) is 13.6 Å². The van der Waals surface area contributed by atoms with E-state index in [4.69, 9.17) is 5.11 Å². The number of carboxylic acid groups (broad SMARTS) is 1. The molecule has 1 atom stereocenters. The molecule has 17 heavy (non-hydrogen) atoms. The zero-order valence-corrected chi connectivity index (χ0v) is 10.5. The average Bonchev–Trinajstić information content (AvgIpc) is 2.57. The summed E-state index contributed by atoms with van der Waals surface area (Å²) >= 11 is 1.54. The van der Waals surface area contributed by atoms with Crippen LogP contribution in [0, 0.1) is 0 Å². The standard InChI is InChI=1S/C11H16N2O3S/c1-12-5-3-2-4-7-10(11(15)16)13-8(14)6-9(13)17-7/h9,12H,2-6H2,1H3,(H,15,16)/t9-/m1/s1. The van der Waals surface area contributed by atoms with Crippen molar-refractivity contribution in [2.45, 2.75) is 31.1 Å². The lowest BCUT2D eigenvalue weighted by Crippen LogP contribution is -2.48. The number of nitrogens with one attached hydrogen (secondary N) is 1. The molecule has 0 aromatic heterocycles. The van der Waals surface area contributed by atoms with E-state index in [1.807, 2.05) is 7.05 Å². The number of hydrogen-bond donors (Lipinski definition) is 2. The zero-order chi connectivity index (χ0) is 12.4. The van der Waals surface area contributed by atoms with Gasteiger partial charge in [0.15, 0.2) is 0 Å². The number of thioether (sulfide) groups is 1. The molecule has 1 saturated heterocycles. The van der Waals surface area contributed by atoms with Crippen molar-refractivity contribution >= 4 is 23.6 Å². The minimum atomic E-state index is -0.975. The Kier molecular flexibility index (Phi) is 3.73. The summed E-state index contributed by atoms with van der Waals surface area (Å²) in [6.45, 7) is 0.937. The van der Waals surface area contributed by atoms with Gasteiger partial charge in [-0.25, -0.2) is 4.79 Å². The quantitative estimate of drug-likeness (QED) is 0.547. The van der Waals surface area contributed by atoms with Gasteiger partial charge in [-0.15, -0.1) is 11.8 Å². The third kappa shape index (κ3) is 2.32. The zero-order valence-electron chi connectivity index (χ0n) is 9.73. The lowest BCUT2D eigenvalue weighted by molar-refractivity contribution is -0.145. The summed E-state index contributed by atoms with van der Waals surface area (Å²) in [5.74, 6) is -1.04. The number of unbranched alkanes of at least 4 members (excludes halogenated alkanes) is 1. The van der Waals surface area contributed by atoms with E-state index in [0.717, 1.165) is 30.7 Å². The Balaban J connectivity index is 1.99. The predicted molar refractivity (Wildman–Crippen MR) is 65.3 cm³/mol. The molecule has 0 aromatic carbocycles. The molecule has 0 aromatic rings. The number of carbonyl (C=O) groups excluding carboxylic acids is 1. The van der Waals surface area contributed by atoms with Crippen molar-refractivity contribution in [3.05, 3.63) is 10.6 Å². The van der Waals surface area contributed by atoms with Crippen LogP contribution in [0.25, 0.3) is 0 Å². The Morgan fingerprint density at radius 2 is 2.35 bits per heavy atom. The van der Waals surface area contributed by atoms with Crippen LogP contribution in [0.5, 0.6) is 0 Å². The lowest BCUT2D eigenvalue weighted by Gasteiger charge is -2.33. The molecule has 5 nitrogen and oxygen atoms in total. The second-order valence-corrected chi connectivity index (χ2v) is 5.45. The number of nitrogens with zero attached hydrogens (tertiary/aromatic N) is 1. The monoisotopic (exact) mass is 256 g/mol. The third-order valence-electron chi connectivity index (χ3n) is 2.97. The highest BCUT2D eigenvalue weighted by Crippen LogP contribution is 2.47. The number of carbonyl (C=O) groups is 2. The van der Waals surface area contributed by atoms with Crippen LogP contribution in [0.15, 0.2) is 10.6 Å². The first-order valence-electron chi connectivity index (χ1n) is 5.75. The molecule has 2 rings (SSSR count). The second-order valence-electron chi connectivity index (χ2n) is 4.18. The molecular formula is C11H16N2O3S. The number of aliphatic carboxylic acids is 1. The summed E-state index contributed by atoms with van der Waals surface area (Å²) in [6, 6.07) is 0. The van der Waals surface area contributed by atoms with Crippen molar-refractivity contribution in [1.82, 2.24) is 10.2 Å². The number of carboxylic acids is 1. The van der Waals surface area contributed by atoms with Crippen LogP contribution in [0.4, 0.5) is 0 Å². The van der Waals surface area contributed by atoms with Crippen LogP contribution < -0.4 is 5.32 Å². The van der Waals surface area contributed by atoms with Crippen LogP contribution in [-0.2, 0) is 9.59 Å². The van der Waals surface area contributed by atoms with Gasteiger partial charge in [0, 0.05) is 4.91 Å². The molecule has 0 spiro atoms. The van der Waals surface area contributed by atoms with E-state index in [9.17, 15) is 9.59 Å². The van der Waals surface area contributed by atoms with Gasteiger partial charge in [-0.2, -0.15) is 0 Å². The summed E-state index contributed by atoms with van der Waals surface area (Å²) in [4.78, 5) is 24.8. The van der Waals surface area contributed by atoms with Crippen LogP contribution in [-0.4, -0.2) is 40.8 Å². The van der Waals surface area contributed by atoms with Gasteiger partial charge in [0.1, 0.15) is 5.70 Å². The molecular weight excluding hydrogens is 240 g/mol. The number of allylic oxidation sites excluding steroid dienone is 1. The first kappa shape index (κ1) is 12.4. The van der Waals surface area contributed by atoms with Gasteiger partial charge in [-0.05, 0) is 32.9 Å². The maximum Gasteiger partial charge on any atom is 0.353 e. The topological polar surface area (TPSA) is 69.6 Å². The number of amides is 1. The van der Waals surface area contributed by atoms with Gasteiger partial charge in [0.25, 0.3) is 0 Å². The number of β-lactam (4-membered cyclic amide) rings is 1. The first-order chi connectivity index (χ1) is 8.15. The summed E-state index contributed by atoms with van der Waals surface area (Å²) in [7, 11) is 1.90. The van der Waals surface area contributed by atoms with Gasteiger partial charge in [0.05, 0.1) is 11.8 Å². The van der Waals surface area contributed by atoms with Gasteiger partial charge < -0.3 is 10.4 Å². The van der Waals surface area contributed by atoms with Crippen LogP contribution in [0.2, 0.25) is 0 Å². The Morgan fingerprint density at radius 1 is 1.59 bits per heavy atom. The second kappa shape index (κ2) is 5.10. The van der Waals surface area contributed by atoms with Gasteiger partial charge in [-0.3, -0.25) is 9.69 Å². The normalized spacial score (nSPS) is 22.8. The molecule has 1 amide bonds. The average molecular weight is 256 g/mol. The van der Waals surface area contributed by atoms with Gasteiger partial charge in [0.2, 0.25) is 5.91 Å². The highest BCUT2D eigenvalue weighted by Gasteiger charge is 2.47. The molecule has 0 unspecified atom stereocenters. The molecule has 2 N–H and O–H groups in total. The van der Waals surface area contributed by atoms with E-state index in [1.165, 1.54) is 4.90 Å². The summed E-state index contributed by atoms with van der Waals surface area (Å²) < 4.78 is 0. The van der Waals surface area contributed by atoms with E-state index in [0.29, 0.717) is 6.42 Å². The largest absolute Gasteiger partial charge is 0.477 e. The maximum absolute atomic E-state index is 11.4. The molecule has 0 bridgehead atoms. The Morgan fingerprint density at radius 3 is 2.94 bits per heavy atom. The van der Waals surface area contributed by atoms with E-state index in [1.54, 1.807) is 11.8 Å². The van der Waals surface area contributed by atoms with Crippen molar-refractivity contribution in [3.8, 4) is 0 Å². The molecule has 94 valence electrons. The van der Waals surface area contributed by atoms with Gasteiger partial charge in [-0.1, -0.05) is 0 Å². The number of hydrogen-bond acceptors (Lipinski definition) is 4. The lowest BCUT2D eigenvalue weighted by atomic mass is 10.1. The van der Waals surface area contributed by atoms with E-state index >= 15 is 0 Å². The Bertz CT molecular complexity index is 381. The molecule has 1 fully saturated rings. The Hall–Kier alpha value is -1.01. The highest BCUT2D eigenvalue weighted by molar-refractivity contribution is 8.04. The van der Waals surface area contributed by atoms with Crippen LogP contribution >= 0.6 is 11.8 Å². The first-order valence-corrected chi connectivity index (χ1v) is 6.63.